The molecule has 1 atom stereocenters. The number of aliphatic hydroxyl groups excluding tert-OH is 1. The van der Waals surface area contributed by atoms with Gasteiger partial charge in [0, 0.05) is 6.61 Å². The summed E-state index contributed by atoms with van der Waals surface area (Å²) >= 11 is 0. The molecule has 0 rings (SSSR count). The highest BCUT2D eigenvalue weighted by Crippen LogP contribution is 2.15. The number of hydrogen-bond donors (Lipinski definition) is 3. The van der Waals surface area contributed by atoms with Crippen molar-refractivity contribution in [2.45, 2.75) is 90.9 Å². The van der Waals surface area contributed by atoms with E-state index in [1.165, 1.54) is 70.6 Å². The van der Waals surface area contributed by atoms with Crippen LogP contribution in [0.4, 0.5) is 0 Å². The van der Waals surface area contributed by atoms with Crippen LogP contribution in [-0.4, -0.2) is 29.2 Å². The minimum atomic E-state index is -4.67. The highest BCUT2D eigenvalue weighted by atomic mass is 32.3. The molecular formula is C16H36O5S. The first-order chi connectivity index (χ1) is 10.3. The molecule has 0 aromatic heterocycles. The molecule has 0 aliphatic carbocycles. The van der Waals surface area contributed by atoms with Crippen molar-refractivity contribution in [2.24, 2.45) is 5.92 Å². The molecule has 0 fully saturated rings. The Hall–Kier alpha value is -0.170. The highest BCUT2D eigenvalue weighted by Gasteiger charge is 2.00. The third-order valence-corrected chi connectivity index (χ3v) is 3.67. The van der Waals surface area contributed by atoms with Crippen molar-refractivity contribution in [1.29, 1.82) is 0 Å². The summed E-state index contributed by atoms with van der Waals surface area (Å²) in [5.74, 6) is 0.717. The van der Waals surface area contributed by atoms with Crippen molar-refractivity contribution in [1.82, 2.24) is 0 Å². The minimum Gasteiger partial charge on any atom is -0.396 e. The Kier molecular flexibility index (Phi) is 18.8. The maximum absolute atomic E-state index is 8.80. The van der Waals surface area contributed by atoms with Gasteiger partial charge < -0.3 is 5.11 Å². The van der Waals surface area contributed by atoms with Gasteiger partial charge in [0.05, 0.1) is 0 Å². The molecule has 0 aliphatic heterocycles. The van der Waals surface area contributed by atoms with E-state index in [4.69, 9.17) is 22.6 Å². The van der Waals surface area contributed by atoms with Crippen LogP contribution in [0.5, 0.6) is 0 Å². The average molecular weight is 341 g/mol. The minimum absolute atomic E-state index is 0.360. The Balaban J connectivity index is 0. The van der Waals surface area contributed by atoms with Gasteiger partial charge >= 0.3 is 10.4 Å². The van der Waals surface area contributed by atoms with Crippen LogP contribution in [0.1, 0.15) is 90.9 Å². The number of rotatable bonds is 13. The van der Waals surface area contributed by atoms with Crippen LogP contribution < -0.4 is 0 Å². The van der Waals surface area contributed by atoms with E-state index in [2.05, 4.69) is 13.8 Å². The zero-order chi connectivity index (χ0) is 17.3. The Morgan fingerprint density at radius 3 is 1.50 bits per heavy atom. The summed E-state index contributed by atoms with van der Waals surface area (Å²) in [6, 6.07) is 0. The zero-order valence-corrected chi connectivity index (χ0v) is 15.2. The van der Waals surface area contributed by atoms with Crippen LogP contribution in [0, 0.1) is 5.92 Å². The lowest BCUT2D eigenvalue weighted by Crippen LogP contribution is -1.97. The number of hydrogen-bond acceptors (Lipinski definition) is 3. The lowest BCUT2D eigenvalue weighted by atomic mass is 9.99. The molecule has 22 heavy (non-hydrogen) atoms. The Morgan fingerprint density at radius 1 is 0.773 bits per heavy atom. The maximum atomic E-state index is 8.80. The van der Waals surface area contributed by atoms with Gasteiger partial charge in [-0.3, -0.25) is 9.11 Å². The van der Waals surface area contributed by atoms with E-state index < -0.39 is 10.4 Å². The summed E-state index contributed by atoms with van der Waals surface area (Å²) in [5, 5.41) is 8.80. The fraction of sp³-hybridized carbons (Fsp3) is 1.00. The third kappa shape index (κ3) is 32.0. The zero-order valence-electron chi connectivity index (χ0n) is 14.3. The van der Waals surface area contributed by atoms with Gasteiger partial charge in [-0.2, -0.15) is 8.42 Å². The molecular weight excluding hydrogens is 304 g/mol. The summed E-state index contributed by atoms with van der Waals surface area (Å²) in [5.41, 5.74) is 0. The second-order valence-electron chi connectivity index (χ2n) is 6.04. The summed E-state index contributed by atoms with van der Waals surface area (Å²) < 4.78 is 31.6. The van der Waals surface area contributed by atoms with E-state index in [-0.39, 0.29) is 0 Å². The van der Waals surface area contributed by atoms with Crippen molar-refractivity contribution in [3.05, 3.63) is 0 Å². The monoisotopic (exact) mass is 340 g/mol. The first-order valence-electron chi connectivity index (χ1n) is 8.62. The SMILES string of the molecule is CCCCCCCCCCCCC(C)CCO.O=S(=O)(O)O. The van der Waals surface area contributed by atoms with Crippen molar-refractivity contribution in [2.75, 3.05) is 6.61 Å². The van der Waals surface area contributed by atoms with Crippen LogP contribution in [0.25, 0.3) is 0 Å². The maximum Gasteiger partial charge on any atom is 0.394 e. The van der Waals surface area contributed by atoms with E-state index in [0.29, 0.717) is 12.5 Å². The number of aliphatic hydroxyl groups is 1. The molecule has 0 bridgehead atoms. The molecule has 0 aliphatic rings. The van der Waals surface area contributed by atoms with Crippen LogP contribution >= 0.6 is 0 Å². The molecule has 0 saturated heterocycles. The molecule has 0 spiro atoms. The summed E-state index contributed by atoms with van der Waals surface area (Å²) in [4.78, 5) is 0. The van der Waals surface area contributed by atoms with E-state index in [0.717, 1.165) is 6.42 Å². The van der Waals surface area contributed by atoms with Crippen LogP contribution in [0.15, 0.2) is 0 Å². The molecule has 0 amide bonds. The average Bonchev–Trinajstić information content (AvgIpc) is 2.39. The lowest BCUT2D eigenvalue weighted by molar-refractivity contribution is 0.256. The normalized spacial score (nSPS) is 12.6. The molecule has 136 valence electrons. The summed E-state index contributed by atoms with van der Waals surface area (Å²) in [7, 11) is -4.67. The van der Waals surface area contributed by atoms with Crippen LogP contribution in [0.3, 0.4) is 0 Å². The largest absolute Gasteiger partial charge is 0.396 e. The fourth-order valence-electron chi connectivity index (χ4n) is 2.34. The van der Waals surface area contributed by atoms with Gasteiger partial charge in [-0.25, -0.2) is 0 Å². The van der Waals surface area contributed by atoms with E-state index in [1.807, 2.05) is 0 Å². The molecule has 0 radical (unpaired) electrons. The van der Waals surface area contributed by atoms with Gasteiger partial charge in [-0.15, -0.1) is 0 Å². The Bertz CT molecular complexity index is 296. The van der Waals surface area contributed by atoms with Gasteiger partial charge in [0.1, 0.15) is 0 Å². The van der Waals surface area contributed by atoms with Gasteiger partial charge in [-0.1, -0.05) is 84.5 Å². The van der Waals surface area contributed by atoms with Crippen molar-refractivity contribution in [3.8, 4) is 0 Å². The van der Waals surface area contributed by atoms with Crippen LogP contribution in [0.2, 0.25) is 0 Å². The van der Waals surface area contributed by atoms with E-state index in [9.17, 15) is 0 Å². The van der Waals surface area contributed by atoms with Crippen molar-refractivity contribution >= 4 is 10.4 Å². The molecule has 1 unspecified atom stereocenters. The second kappa shape index (κ2) is 17.2. The van der Waals surface area contributed by atoms with Crippen molar-refractivity contribution in [3.63, 3.8) is 0 Å². The first-order valence-corrected chi connectivity index (χ1v) is 10.0. The van der Waals surface area contributed by atoms with Gasteiger partial charge in [0.25, 0.3) is 0 Å². The van der Waals surface area contributed by atoms with Gasteiger partial charge in [0.15, 0.2) is 0 Å². The quantitative estimate of drug-likeness (QED) is 0.335. The highest BCUT2D eigenvalue weighted by molar-refractivity contribution is 7.79. The second-order valence-corrected chi connectivity index (χ2v) is 6.93. The van der Waals surface area contributed by atoms with Crippen molar-refractivity contribution < 1.29 is 22.6 Å². The van der Waals surface area contributed by atoms with Crippen LogP contribution in [-0.2, 0) is 10.4 Å². The van der Waals surface area contributed by atoms with E-state index >= 15 is 0 Å². The fourth-order valence-corrected chi connectivity index (χ4v) is 2.34. The molecule has 6 heteroatoms. The summed E-state index contributed by atoms with van der Waals surface area (Å²) in [6.07, 6.45) is 16.4. The Labute approximate surface area is 137 Å². The predicted octanol–water partition coefficient (Wildman–Crippen LogP) is 4.66. The lowest BCUT2D eigenvalue weighted by Gasteiger charge is -2.08. The van der Waals surface area contributed by atoms with Gasteiger partial charge in [-0.05, 0) is 12.3 Å². The predicted molar refractivity (Wildman–Crippen MR) is 91.5 cm³/mol. The smallest absolute Gasteiger partial charge is 0.394 e. The molecule has 5 nitrogen and oxygen atoms in total. The molecule has 0 aromatic rings. The summed E-state index contributed by atoms with van der Waals surface area (Å²) in [6.45, 7) is 4.89. The van der Waals surface area contributed by atoms with E-state index in [1.54, 1.807) is 0 Å². The molecule has 3 N–H and O–H groups in total. The molecule has 0 aromatic carbocycles. The standard InChI is InChI=1S/C16H34O.H2O4S/c1-3-4-5-6-7-8-9-10-11-12-13-16(2)14-15-17;1-5(2,3)4/h16-17H,3-15H2,1-2H3;(H2,1,2,3,4). The first kappa shape index (κ1) is 24.1. The number of unbranched alkanes of at least 4 members (excludes halogenated alkanes) is 9. The van der Waals surface area contributed by atoms with Gasteiger partial charge in [0.2, 0.25) is 0 Å². The topological polar surface area (TPSA) is 94.8 Å². The Morgan fingerprint density at radius 2 is 1.14 bits per heavy atom. The molecule has 0 saturated carbocycles. The molecule has 0 heterocycles. The third-order valence-electron chi connectivity index (χ3n) is 3.67.